The van der Waals surface area contributed by atoms with Gasteiger partial charge in [-0.05, 0) is 19.2 Å². The van der Waals surface area contributed by atoms with Gasteiger partial charge in [-0.3, -0.25) is 4.79 Å². The number of nitrogens with one attached hydrogen (secondary N) is 3. The van der Waals surface area contributed by atoms with Crippen molar-refractivity contribution in [3.8, 4) is 0 Å². The van der Waals surface area contributed by atoms with Gasteiger partial charge in [0.25, 0.3) is 0 Å². The van der Waals surface area contributed by atoms with Crippen LogP contribution < -0.4 is 15.4 Å². The first-order valence-corrected chi connectivity index (χ1v) is 10.1. The summed E-state index contributed by atoms with van der Waals surface area (Å²) in [4.78, 5) is 12.7. The zero-order valence-electron chi connectivity index (χ0n) is 12.1. The fourth-order valence-corrected chi connectivity index (χ4v) is 5.01. The van der Waals surface area contributed by atoms with E-state index in [9.17, 15) is 13.2 Å². The van der Waals surface area contributed by atoms with Crippen molar-refractivity contribution in [3.63, 3.8) is 0 Å². The van der Waals surface area contributed by atoms with Crippen LogP contribution in [-0.4, -0.2) is 45.5 Å². The van der Waals surface area contributed by atoms with Gasteiger partial charge in [-0.1, -0.05) is 0 Å². The van der Waals surface area contributed by atoms with E-state index in [2.05, 4.69) is 15.4 Å². The van der Waals surface area contributed by atoms with E-state index < -0.39 is 10.0 Å². The zero-order chi connectivity index (χ0) is 15.3. The molecule has 0 radical (unpaired) electrons. The Balaban J connectivity index is 0.00000242. The number of amides is 1. The molecule has 0 spiro atoms. The molecule has 1 saturated heterocycles. The number of rotatable bonds is 6. The van der Waals surface area contributed by atoms with Gasteiger partial charge in [0.1, 0.15) is 4.21 Å². The molecule has 1 atom stereocenters. The first-order valence-electron chi connectivity index (χ1n) is 6.61. The minimum Gasteiger partial charge on any atom is -0.351 e. The van der Waals surface area contributed by atoms with Gasteiger partial charge in [-0.15, -0.1) is 23.7 Å². The number of carbonyl (C=O) groups excluding carboxylic acids is 1. The summed E-state index contributed by atoms with van der Waals surface area (Å²) in [5.41, 5.74) is 0. The summed E-state index contributed by atoms with van der Waals surface area (Å²) in [6, 6.07) is 3.51. The van der Waals surface area contributed by atoms with E-state index >= 15 is 0 Å². The molecule has 0 aromatic carbocycles. The second-order valence-electron chi connectivity index (χ2n) is 4.64. The molecule has 1 aliphatic heterocycles. The third-order valence-electron chi connectivity index (χ3n) is 3.06. The minimum absolute atomic E-state index is 0. The Kier molecular flexibility index (Phi) is 8.15. The molecule has 126 valence electrons. The molecular weight excluding hydrogens is 366 g/mol. The summed E-state index contributed by atoms with van der Waals surface area (Å²) in [7, 11) is -2.01. The van der Waals surface area contributed by atoms with Gasteiger partial charge in [-0.25, -0.2) is 13.1 Å². The van der Waals surface area contributed by atoms with Crippen LogP contribution in [0.25, 0.3) is 0 Å². The molecule has 0 aliphatic carbocycles. The fraction of sp³-hybridized carbons (Fsp3) is 0.583. The highest BCUT2D eigenvalue weighted by atomic mass is 35.5. The Morgan fingerprint density at radius 3 is 2.86 bits per heavy atom. The molecule has 0 saturated carbocycles. The minimum atomic E-state index is -3.40. The van der Waals surface area contributed by atoms with E-state index in [1.54, 1.807) is 12.1 Å². The predicted molar refractivity (Wildman–Crippen MR) is 93.4 cm³/mol. The van der Waals surface area contributed by atoms with Gasteiger partial charge >= 0.3 is 0 Å². The summed E-state index contributed by atoms with van der Waals surface area (Å²) in [6.45, 7) is 1.31. The van der Waals surface area contributed by atoms with Gasteiger partial charge in [0.15, 0.2) is 0 Å². The van der Waals surface area contributed by atoms with Gasteiger partial charge in [-0.2, -0.15) is 11.8 Å². The SMILES string of the molecule is CNS(=O)(=O)c1ccc(CNC(=O)CC2CSCCN2)s1.Cl. The molecule has 1 aromatic rings. The second kappa shape index (κ2) is 9.09. The summed E-state index contributed by atoms with van der Waals surface area (Å²) < 4.78 is 25.8. The van der Waals surface area contributed by atoms with E-state index in [4.69, 9.17) is 0 Å². The number of hydrogen-bond donors (Lipinski definition) is 3. The van der Waals surface area contributed by atoms with Crippen LogP contribution in [0.1, 0.15) is 11.3 Å². The molecule has 2 heterocycles. The molecule has 0 bridgehead atoms. The van der Waals surface area contributed by atoms with Crippen LogP contribution in [-0.2, 0) is 21.4 Å². The highest BCUT2D eigenvalue weighted by Gasteiger charge is 2.17. The van der Waals surface area contributed by atoms with Gasteiger partial charge in [0, 0.05) is 35.4 Å². The van der Waals surface area contributed by atoms with E-state index in [0.717, 1.165) is 22.9 Å². The van der Waals surface area contributed by atoms with Crippen molar-refractivity contribution in [2.75, 3.05) is 25.1 Å². The van der Waals surface area contributed by atoms with Crippen molar-refractivity contribution in [3.05, 3.63) is 17.0 Å². The maximum Gasteiger partial charge on any atom is 0.249 e. The summed E-state index contributed by atoms with van der Waals surface area (Å²) >= 11 is 3.02. The predicted octanol–water partition coefficient (Wildman–Crippen LogP) is 0.789. The highest BCUT2D eigenvalue weighted by Crippen LogP contribution is 2.21. The quantitative estimate of drug-likeness (QED) is 0.673. The van der Waals surface area contributed by atoms with Gasteiger partial charge in [0.2, 0.25) is 15.9 Å². The Morgan fingerprint density at radius 1 is 1.45 bits per heavy atom. The highest BCUT2D eigenvalue weighted by molar-refractivity contribution is 7.99. The third kappa shape index (κ3) is 5.71. The van der Waals surface area contributed by atoms with Crippen molar-refractivity contribution in [2.24, 2.45) is 0 Å². The molecule has 1 aromatic heterocycles. The summed E-state index contributed by atoms with van der Waals surface area (Å²) in [5.74, 6) is 2.04. The molecule has 1 amide bonds. The van der Waals surface area contributed by atoms with Crippen molar-refractivity contribution in [1.82, 2.24) is 15.4 Å². The first-order chi connectivity index (χ1) is 10.0. The van der Waals surface area contributed by atoms with Crippen LogP contribution in [0.5, 0.6) is 0 Å². The van der Waals surface area contributed by atoms with Crippen LogP contribution in [0.3, 0.4) is 0 Å². The van der Waals surface area contributed by atoms with Gasteiger partial charge in [0.05, 0.1) is 6.54 Å². The van der Waals surface area contributed by atoms with Crippen LogP contribution >= 0.6 is 35.5 Å². The maximum absolute atomic E-state index is 11.9. The molecule has 1 unspecified atom stereocenters. The average Bonchev–Trinajstić information content (AvgIpc) is 2.96. The average molecular weight is 386 g/mol. The van der Waals surface area contributed by atoms with Crippen LogP contribution in [0.15, 0.2) is 16.3 Å². The lowest BCUT2D eigenvalue weighted by Gasteiger charge is -2.22. The fourth-order valence-electron chi connectivity index (χ4n) is 1.93. The van der Waals surface area contributed by atoms with E-state index in [-0.39, 0.29) is 28.6 Å². The molecule has 2 rings (SSSR count). The lowest BCUT2D eigenvalue weighted by Crippen LogP contribution is -2.41. The molecule has 22 heavy (non-hydrogen) atoms. The van der Waals surface area contributed by atoms with Crippen LogP contribution in [0.2, 0.25) is 0 Å². The molecule has 6 nitrogen and oxygen atoms in total. The molecule has 1 fully saturated rings. The smallest absolute Gasteiger partial charge is 0.249 e. The van der Waals surface area contributed by atoms with Crippen LogP contribution in [0.4, 0.5) is 0 Å². The lowest BCUT2D eigenvalue weighted by atomic mass is 10.2. The first kappa shape index (κ1) is 19.7. The molecule has 10 heteroatoms. The Labute approximate surface area is 145 Å². The Bertz CT molecular complexity index is 585. The second-order valence-corrected chi connectivity index (χ2v) is 9.07. The summed E-state index contributed by atoms with van der Waals surface area (Å²) in [5, 5.41) is 6.15. The monoisotopic (exact) mass is 385 g/mol. The number of thioether (sulfide) groups is 1. The van der Waals surface area contributed by atoms with Gasteiger partial charge < -0.3 is 10.6 Å². The lowest BCUT2D eigenvalue weighted by molar-refractivity contribution is -0.121. The van der Waals surface area contributed by atoms with Crippen molar-refractivity contribution in [1.29, 1.82) is 0 Å². The number of carbonyl (C=O) groups is 1. The molecule has 1 aliphatic rings. The van der Waals surface area contributed by atoms with E-state index in [1.165, 1.54) is 18.4 Å². The maximum atomic E-state index is 11.9. The summed E-state index contributed by atoms with van der Waals surface area (Å²) in [6.07, 6.45) is 0.458. The number of sulfonamides is 1. The van der Waals surface area contributed by atoms with Crippen molar-refractivity contribution < 1.29 is 13.2 Å². The number of hydrogen-bond acceptors (Lipinski definition) is 6. The number of halogens is 1. The largest absolute Gasteiger partial charge is 0.351 e. The third-order valence-corrected chi connectivity index (χ3v) is 7.18. The zero-order valence-corrected chi connectivity index (χ0v) is 15.4. The molecule has 3 N–H and O–H groups in total. The van der Waals surface area contributed by atoms with E-state index in [1.807, 2.05) is 11.8 Å². The van der Waals surface area contributed by atoms with Crippen molar-refractivity contribution >= 4 is 51.4 Å². The van der Waals surface area contributed by atoms with E-state index in [0.29, 0.717) is 13.0 Å². The van der Waals surface area contributed by atoms with Crippen LogP contribution in [0, 0.1) is 0 Å². The Hall–Kier alpha value is -0.320. The molecular formula is C12H20ClN3O3S3. The number of thiophene rings is 1. The standard InChI is InChI=1S/C12H19N3O3S3.ClH/c1-13-21(17,18)12-3-2-10(20-12)7-15-11(16)6-9-8-19-5-4-14-9;/h2-3,9,13-14H,4-8H2,1H3,(H,15,16);1H. The van der Waals surface area contributed by atoms with Crippen molar-refractivity contribution in [2.45, 2.75) is 23.2 Å². The topological polar surface area (TPSA) is 87.3 Å². The normalized spacial score (nSPS) is 18.5. The Morgan fingerprint density at radius 2 is 2.23 bits per heavy atom.